The van der Waals surface area contributed by atoms with Gasteiger partial charge in [0.2, 0.25) is 5.91 Å². The fourth-order valence-electron chi connectivity index (χ4n) is 3.39. The van der Waals surface area contributed by atoms with Crippen molar-refractivity contribution in [3.63, 3.8) is 0 Å². The molecule has 1 aromatic heterocycles. The van der Waals surface area contributed by atoms with Crippen LogP contribution in [0.5, 0.6) is 5.75 Å². The third-order valence-corrected chi connectivity index (χ3v) is 5.82. The zero-order valence-electron chi connectivity index (χ0n) is 16.6. The summed E-state index contributed by atoms with van der Waals surface area (Å²) in [6, 6.07) is 6.83. The zero-order valence-corrected chi connectivity index (χ0v) is 17.4. The van der Waals surface area contributed by atoms with E-state index >= 15 is 0 Å². The van der Waals surface area contributed by atoms with E-state index in [1.165, 1.54) is 31.0 Å². The Balaban J connectivity index is 1.89. The number of rotatable bonds is 7. The average Bonchev–Trinajstić information content (AvgIpc) is 3.16. The van der Waals surface area contributed by atoms with E-state index in [1.54, 1.807) is 7.11 Å². The molecule has 0 saturated carbocycles. The van der Waals surface area contributed by atoms with E-state index in [0.717, 1.165) is 30.4 Å². The highest BCUT2D eigenvalue weighted by molar-refractivity contribution is 7.99. The van der Waals surface area contributed by atoms with Gasteiger partial charge in [-0.1, -0.05) is 18.2 Å². The summed E-state index contributed by atoms with van der Waals surface area (Å²) >= 11 is 1.21. The number of likely N-dealkylation sites (tertiary alicyclic amines) is 1. The van der Waals surface area contributed by atoms with Crippen LogP contribution in [0.2, 0.25) is 0 Å². The smallest absolute Gasteiger partial charge is 0.318 e. The molecular weight excluding hydrogens is 392 g/mol. The number of nitrogens with zero attached hydrogens (tertiary/aromatic N) is 4. The normalized spacial score (nSPS) is 15.7. The summed E-state index contributed by atoms with van der Waals surface area (Å²) in [6.45, 7) is 4.18. The summed E-state index contributed by atoms with van der Waals surface area (Å²) in [5.74, 6) is 1.10. The maximum absolute atomic E-state index is 11.8. The lowest BCUT2D eigenvalue weighted by molar-refractivity contribution is -0.117. The molecule has 1 aromatic carbocycles. The van der Waals surface area contributed by atoms with Crippen LogP contribution >= 0.6 is 11.8 Å². The number of primary amides is 1. The highest BCUT2D eigenvalue weighted by atomic mass is 32.2. The molecule has 0 aliphatic carbocycles. The van der Waals surface area contributed by atoms with Gasteiger partial charge in [0.25, 0.3) is 0 Å². The first kappa shape index (κ1) is 21.1. The standard InChI is InChI=1S/C19H26N6O3S/c1-13(24-10-4-3-5-11-24)17-22-23-19(29-12-16(26)21-18(20)27)25(17)14-6-8-15(28-2)9-7-14/h6-9,13H,3-5,10-12H2,1-2H3,(H3,20,21,26,27)/t13-/m0/s1. The topological polar surface area (TPSA) is 115 Å². The molecule has 0 spiro atoms. The van der Waals surface area contributed by atoms with Crippen molar-refractivity contribution in [1.29, 1.82) is 0 Å². The second kappa shape index (κ2) is 9.75. The van der Waals surface area contributed by atoms with E-state index in [2.05, 4.69) is 27.3 Å². The Labute approximate surface area is 174 Å². The second-order valence-electron chi connectivity index (χ2n) is 6.85. The summed E-state index contributed by atoms with van der Waals surface area (Å²) in [6.07, 6.45) is 3.61. The highest BCUT2D eigenvalue weighted by Gasteiger charge is 2.26. The molecule has 2 heterocycles. The number of aromatic nitrogens is 3. The number of ether oxygens (including phenoxy) is 1. The van der Waals surface area contributed by atoms with Gasteiger partial charge in [0.05, 0.1) is 18.9 Å². The van der Waals surface area contributed by atoms with Gasteiger partial charge in [0.1, 0.15) is 5.75 Å². The molecule has 29 heavy (non-hydrogen) atoms. The number of carbonyl (C=O) groups is 2. The van der Waals surface area contributed by atoms with Crippen LogP contribution < -0.4 is 15.8 Å². The molecule has 10 heteroatoms. The van der Waals surface area contributed by atoms with Crippen molar-refractivity contribution in [1.82, 2.24) is 25.0 Å². The zero-order chi connectivity index (χ0) is 20.8. The summed E-state index contributed by atoms with van der Waals surface area (Å²) in [5, 5.41) is 11.4. The largest absolute Gasteiger partial charge is 0.497 e. The van der Waals surface area contributed by atoms with E-state index in [-0.39, 0.29) is 11.8 Å². The maximum atomic E-state index is 11.8. The first-order valence-electron chi connectivity index (χ1n) is 9.55. The number of amides is 3. The first-order chi connectivity index (χ1) is 14.0. The number of methoxy groups -OCH3 is 1. The van der Waals surface area contributed by atoms with Gasteiger partial charge in [-0.2, -0.15) is 0 Å². The lowest BCUT2D eigenvalue weighted by Crippen LogP contribution is -2.36. The monoisotopic (exact) mass is 418 g/mol. The van der Waals surface area contributed by atoms with Gasteiger partial charge in [-0.05, 0) is 57.1 Å². The van der Waals surface area contributed by atoms with Gasteiger partial charge in [-0.3, -0.25) is 19.6 Å². The fraction of sp³-hybridized carbons (Fsp3) is 0.474. The number of benzene rings is 1. The van der Waals surface area contributed by atoms with Crippen LogP contribution in [-0.2, 0) is 4.79 Å². The molecule has 156 valence electrons. The van der Waals surface area contributed by atoms with Crippen LogP contribution in [0.25, 0.3) is 5.69 Å². The number of imide groups is 1. The maximum Gasteiger partial charge on any atom is 0.318 e. The number of piperidine rings is 1. The van der Waals surface area contributed by atoms with Crippen molar-refractivity contribution in [3.8, 4) is 11.4 Å². The highest BCUT2D eigenvalue weighted by Crippen LogP contribution is 2.30. The van der Waals surface area contributed by atoms with Crippen molar-refractivity contribution >= 4 is 23.7 Å². The molecule has 3 amide bonds. The molecule has 0 unspecified atom stereocenters. The summed E-state index contributed by atoms with van der Waals surface area (Å²) in [7, 11) is 1.62. The predicted octanol–water partition coefficient (Wildman–Crippen LogP) is 2.11. The number of hydrogen-bond donors (Lipinski definition) is 2. The molecular formula is C19H26N6O3S. The number of nitrogens with two attached hydrogens (primary N) is 1. The average molecular weight is 419 g/mol. The van der Waals surface area contributed by atoms with Gasteiger partial charge in [0, 0.05) is 5.69 Å². The van der Waals surface area contributed by atoms with Crippen LogP contribution in [0.15, 0.2) is 29.4 Å². The first-order valence-corrected chi connectivity index (χ1v) is 10.5. The molecule has 1 atom stereocenters. The molecule has 9 nitrogen and oxygen atoms in total. The minimum atomic E-state index is -0.869. The molecule has 3 rings (SSSR count). The number of urea groups is 1. The van der Waals surface area contributed by atoms with E-state index in [4.69, 9.17) is 10.5 Å². The Morgan fingerprint density at radius 2 is 1.90 bits per heavy atom. The lowest BCUT2D eigenvalue weighted by Gasteiger charge is -2.31. The Morgan fingerprint density at radius 1 is 1.21 bits per heavy atom. The molecule has 0 radical (unpaired) electrons. The van der Waals surface area contributed by atoms with Gasteiger partial charge in [-0.25, -0.2) is 4.79 Å². The molecule has 1 fully saturated rings. The molecule has 3 N–H and O–H groups in total. The van der Waals surface area contributed by atoms with Gasteiger partial charge < -0.3 is 10.5 Å². The minimum absolute atomic E-state index is 0.00925. The van der Waals surface area contributed by atoms with Crippen LogP contribution in [0.4, 0.5) is 4.79 Å². The molecule has 1 saturated heterocycles. The minimum Gasteiger partial charge on any atom is -0.497 e. The van der Waals surface area contributed by atoms with Gasteiger partial charge >= 0.3 is 6.03 Å². The number of nitrogens with one attached hydrogen (secondary N) is 1. The fourth-order valence-corrected chi connectivity index (χ4v) is 4.15. The Morgan fingerprint density at radius 3 is 2.52 bits per heavy atom. The van der Waals surface area contributed by atoms with Gasteiger partial charge in [0.15, 0.2) is 11.0 Å². The number of hydrogen-bond acceptors (Lipinski definition) is 7. The molecule has 1 aliphatic rings. The van der Waals surface area contributed by atoms with Crippen molar-refractivity contribution in [2.24, 2.45) is 5.73 Å². The van der Waals surface area contributed by atoms with Crippen molar-refractivity contribution < 1.29 is 14.3 Å². The van der Waals surface area contributed by atoms with Gasteiger partial charge in [-0.15, -0.1) is 10.2 Å². The third-order valence-electron chi connectivity index (χ3n) is 4.90. The Hall–Kier alpha value is -2.59. The van der Waals surface area contributed by atoms with E-state index in [9.17, 15) is 9.59 Å². The van der Waals surface area contributed by atoms with Crippen molar-refractivity contribution in [2.75, 3.05) is 26.0 Å². The Kier molecular flexibility index (Phi) is 7.10. The van der Waals surface area contributed by atoms with Crippen LogP contribution in [0, 0.1) is 0 Å². The summed E-state index contributed by atoms with van der Waals surface area (Å²) in [5.41, 5.74) is 5.89. The SMILES string of the molecule is COc1ccc(-n2c(SCC(=O)NC(N)=O)nnc2[C@H](C)N2CCCCC2)cc1. The second-order valence-corrected chi connectivity index (χ2v) is 7.79. The third kappa shape index (κ3) is 5.27. The number of carbonyl (C=O) groups excluding carboxylic acids is 2. The quantitative estimate of drug-likeness (QED) is 0.662. The van der Waals surface area contributed by atoms with E-state index < -0.39 is 11.9 Å². The number of thioether (sulfide) groups is 1. The van der Waals surface area contributed by atoms with Crippen molar-refractivity contribution in [2.45, 2.75) is 37.4 Å². The molecule has 1 aliphatic heterocycles. The Bertz CT molecular complexity index is 848. The van der Waals surface area contributed by atoms with Crippen LogP contribution in [0.1, 0.15) is 38.1 Å². The van der Waals surface area contributed by atoms with Crippen molar-refractivity contribution in [3.05, 3.63) is 30.1 Å². The predicted molar refractivity (Wildman–Crippen MR) is 110 cm³/mol. The molecule has 0 bridgehead atoms. The lowest BCUT2D eigenvalue weighted by atomic mass is 10.1. The summed E-state index contributed by atoms with van der Waals surface area (Å²) < 4.78 is 7.21. The van der Waals surface area contributed by atoms with E-state index in [0.29, 0.717) is 5.16 Å². The van der Waals surface area contributed by atoms with Crippen LogP contribution in [-0.4, -0.2) is 57.6 Å². The van der Waals surface area contributed by atoms with E-state index in [1.807, 2.05) is 28.8 Å². The van der Waals surface area contributed by atoms with Crippen LogP contribution in [0.3, 0.4) is 0 Å². The molecule has 2 aromatic rings. The summed E-state index contributed by atoms with van der Waals surface area (Å²) in [4.78, 5) is 25.1.